The highest BCUT2D eigenvalue weighted by Crippen LogP contribution is 2.32. The summed E-state index contributed by atoms with van der Waals surface area (Å²) in [6.07, 6.45) is 0. The number of aromatic nitrogens is 1. The van der Waals surface area contributed by atoms with Gasteiger partial charge >= 0.3 is 0 Å². The fraction of sp³-hybridized carbons (Fsp3) is 0.0714. The molecule has 1 N–H and O–H groups in total. The number of nitrogens with one attached hydrogen (secondary N) is 1. The molecule has 2 nitrogen and oxygen atoms in total. The van der Waals surface area contributed by atoms with Crippen molar-refractivity contribution < 1.29 is 0 Å². The zero-order chi connectivity index (χ0) is 13.4. The first-order chi connectivity index (χ1) is 9.11. The van der Waals surface area contributed by atoms with Gasteiger partial charge in [-0.15, -0.1) is 0 Å². The van der Waals surface area contributed by atoms with Crippen LogP contribution in [0.4, 0.5) is 10.8 Å². The summed E-state index contributed by atoms with van der Waals surface area (Å²) in [4.78, 5) is 4.50. The number of hydrogen-bond acceptors (Lipinski definition) is 3. The molecule has 0 radical (unpaired) electrons. The minimum absolute atomic E-state index is 0.683. The van der Waals surface area contributed by atoms with Crippen LogP contribution in [0.25, 0.3) is 10.2 Å². The van der Waals surface area contributed by atoms with E-state index in [0.717, 1.165) is 26.6 Å². The molecule has 0 aliphatic heterocycles. The van der Waals surface area contributed by atoms with E-state index in [0.29, 0.717) is 10.0 Å². The van der Waals surface area contributed by atoms with Gasteiger partial charge in [0.2, 0.25) is 0 Å². The minimum atomic E-state index is 0.683. The van der Waals surface area contributed by atoms with E-state index in [-0.39, 0.29) is 0 Å². The molecule has 19 heavy (non-hydrogen) atoms. The van der Waals surface area contributed by atoms with Crippen LogP contribution in [0.15, 0.2) is 36.4 Å². The molecule has 0 fully saturated rings. The molecule has 0 saturated heterocycles. The van der Waals surface area contributed by atoms with E-state index in [1.54, 1.807) is 11.3 Å². The van der Waals surface area contributed by atoms with Gasteiger partial charge in [0.05, 0.1) is 20.9 Å². The Morgan fingerprint density at radius 1 is 1.11 bits per heavy atom. The van der Waals surface area contributed by atoms with Crippen LogP contribution in [0.2, 0.25) is 10.0 Å². The van der Waals surface area contributed by atoms with Crippen molar-refractivity contribution in [1.82, 2.24) is 4.98 Å². The van der Waals surface area contributed by atoms with E-state index in [1.807, 2.05) is 43.3 Å². The normalized spacial score (nSPS) is 10.9. The number of nitrogens with zero attached hydrogens (tertiary/aromatic N) is 1. The monoisotopic (exact) mass is 308 g/mol. The van der Waals surface area contributed by atoms with Crippen molar-refractivity contribution in [2.75, 3.05) is 5.32 Å². The van der Waals surface area contributed by atoms with Gasteiger partial charge in [0.25, 0.3) is 0 Å². The summed E-state index contributed by atoms with van der Waals surface area (Å²) in [6.45, 7) is 2.03. The molecule has 0 spiro atoms. The summed E-state index contributed by atoms with van der Waals surface area (Å²) >= 11 is 13.7. The maximum Gasteiger partial charge on any atom is 0.188 e. The van der Waals surface area contributed by atoms with E-state index in [2.05, 4.69) is 10.3 Å². The van der Waals surface area contributed by atoms with Crippen molar-refractivity contribution in [2.45, 2.75) is 6.92 Å². The van der Waals surface area contributed by atoms with Gasteiger partial charge in [-0.05, 0) is 42.8 Å². The van der Waals surface area contributed by atoms with Crippen LogP contribution in [0.3, 0.4) is 0 Å². The second-order valence-corrected chi connectivity index (χ2v) is 6.11. The summed E-state index contributed by atoms with van der Waals surface area (Å²) in [5, 5.41) is 5.44. The molecular formula is C14H10Cl2N2S. The number of anilines is 2. The quantitative estimate of drug-likeness (QED) is 0.661. The lowest BCUT2D eigenvalue weighted by Crippen LogP contribution is -1.90. The van der Waals surface area contributed by atoms with Crippen molar-refractivity contribution in [3.63, 3.8) is 0 Å². The summed E-state index contributed by atoms with van der Waals surface area (Å²) in [5.74, 6) is 0. The topological polar surface area (TPSA) is 24.9 Å². The number of halogens is 2. The van der Waals surface area contributed by atoms with Gasteiger partial charge in [-0.25, -0.2) is 4.98 Å². The van der Waals surface area contributed by atoms with Crippen molar-refractivity contribution in [2.24, 2.45) is 0 Å². The first kappa shape index (κ1) is 12.7. The molecule has 1 heterocycles. The predicted molar refractivity (Wildman–Crippen MR) is 84.1 cm³/mol. The molecule has 0 bridgehead atoms. The smallest absolute Gasteiger partial charge is 0.188 e. The number of thiazole rings is 1. The molecule has 5 heteroatoms. The third-order valence-electron chi connectivity index (χ3n) is 2.71. The average molecular weight is 309 g/mol. The van der Waals surface area contributed by atoms with Gasteiger partial charge in [-0.2, -0.15) is 0 Å². The van der Waals surface area contributed by atoms with Gasteiger partial charge in [0, 0.05) is 5.02 Å². The molecule has 0 saturated carbocycles. The summed E-state index contributed by atoms with van der Waals surface area (Å²) in [5.41, 5.74) is 2.91. The Hall–Kier alpha value is -1.29. The van der Waals surface area contributed by atoms with Crippen LogP contribution in [-0.2, 0) is 0 Å². The van der Waals surface area contributed by atoms with Crippen molar-refractivity contribution >= 4 is 55.6 Å². The minimum Gasteiger partial charge on any atom is -0.330 e. The molecule has 3 aromatic rings. The fourth-order valence-electron chi connectivity index (χ4n) is 1.80. The molecule has 0 unspecified atom stereocenters. The molecular weight excluding hydrogens is 299 g/mol. The highest BCUT2D eigenvalue weighted by Gasteiger charge is 2.07. The van der Waals surface area contributed by atoms with E-state index >= 15 is 0 Å². The Labute approximate surface area is 125 Å². The molecule has 0 aliphatic rings. The maximum absolute atomic E-state index is 6.16. The van der Waals surface area contributed by atoms with Crippen LogP contribution in [0.1, 0.15) is 5.56 Å². The predicted octanol–water partition coefficient (Wildman–Crippen LogP) is 5.66. The summed E-state index contributed by atoms with van der Waals surface area (Å²) < 4.78 is 1.09. The lowest BCUT2D eigenvalue weighted by atomic mass is 10.2. The lowest BCUT2D eigenvalue weighted by Gasteiger charge is -2.05. The standard InChI is InChI=1S/C14H10Cl2N2S/c1-8-2-4-10(16)11(6-8)17-14-18-12-7-9(15)3-5-13(12)19-14/h2-7H,1H3,(H,17,18). The number of rotatable bonds is 2. The molecule has 0 atom stereocenters. The molecule has 1 aromatic heterocycles. The van der Waals surface area contributed by atoms with E-state index in [9.17, 15) is 0 Å². The Kier molecular flexibility index (Phi) is 3.35. The second-order valence-electron chi connectivity index (χ2n) is 4.24. The highest BCUT2D eigenvalue weighted by molar-refractivity contribution is 7.22. The zero-order valence-corrected chi connectivity index (χ0v) is 12.4. The summed E-state index contributed by atoms with van der Waals surface area (Å²) in [7, 11) is 0. The third-order valence-corrected chi connectivity index (χ3v) is 4.23. The maximum atomic E-state index is 6.16. The number of fused-ring (bicyclic) bond motifs is 1. The van der Waals surface area contributed by atoms with Crippen LogP contribution >= 0.6 is 34.5 Å². The van der Waals surface area contributed by atoms with E-state index < -0.39 is 0 Å². The third kappa shape index (κ3) is 2.68. The molecule has 3 rings (SSSR count). The number of benzene rings is 2. The van der Waals surface area contributed by atoms with Gasteiger partial charge in [-0.3, -0.25) is 0 Å². The van der Waals surface area contributed by atoms with Crippen molar-refractivity contribution in [3.05, 3.63) is 52.0 Å². The molecule has 96 valence electrons. The Bertz CT molecular complexity index is 752. The molecule has 0 aliphatic carbocycles. The van der Waals surface area contributed by atoms with Crippen LogP contribution < -0.4 is 5.32 Å². The van der Waals surface area contributed by atoms with Gasteiger partial charge in [0.15, 0.2) is 5.13 Å². The second kappa shape index (κ2) is 5.00. The fourth-order valence-corrected chi connectivity index (χ4v) is 2.99. The van der Waals surface area contributed by atoms with Crippen LogP contribution in [0, 0.1) is 6.92 Å². The lowest BCUT2D eigenvalue weighted by molar-refractivity contribution is 1.41. The Morgan fingerprint density at radius 2 is 1.95 bits per heavy atom. The van der Waals surface area contributed by atoms with Crippen LogP contribution in [0.5, 0.6) is 0 Å². The number of aryl methyl sites for hydroxylation is 1. The van der Waals surface area contributed by atoms with Crippen molar-refractivity contribution in [3.8, 4) is 0 Å². The SMILES string of the molecule is Cc1ccc(Cl)c(Nc2nc3cc(Cl)ccc3s2)c1. The summed E-state index contributed by atoms with van der Waals surface area (Å²) in [6, 6.07) is 11.6. The Morgan fingerprint density at radius 3 is 2.79 bits per heavy atom. The highest BCUT2D eigenvalue weighted by atomic mass is 35.5. The zero-order valence-electron chi connectivity index (χ0n) is 10.1. The van der Waals surface area contributed by atoms with Gasteiger partial charge < -0.3 is 5.32 Å². The first-order valence-corrected chi connectivity index (χ1v) is 7.28. The van der Waals surface area contributed by atoms with E-state index in [4.69, 9.17) is 23.2 Å². The van der Waals surface area contributed by atoms with Gasteiger partial charge in [-0.1, -0.05) is 40.6 Å². The first-order valence-electron chi connectivity index (χ1n) is 5.71. The Balaban J connectivity index is 1.98. The molecule has 2 aromatic carbocycles. The molecule has 0 amide bonds. The number of hydrogen-bond donors (Lipinski definition) is 1. The van der Waals surface area contributed by atoms with E-state index in [1.165, 1.54) is 0 Å². The van der Waals surface area contributed by atoms with Gasteiger partial charge in [0.1, 0.15) is 0 Å². The van der Waals surface area contributed by atoms with Crippen molar-refractivity contribution in [1.29, 1.82) is 0 Å². The average Bonchev–Trinajstić information content (AvgIpc) is 2.75. The van der Waals surface area contributed by atoms with Crippen LogP contribution in [-0.4, -0.2) is 4.98 Å². The largest absolute Gasteiger partial charge is 0.330 e.